The van der Waals surface area contributed by atoms with Crippen LogP contribution in [0, 0.1) is 6.92 Å². The third kappa shape index (κ3) is 2.70. The molecule has 0 atom stereocenters. The predicted octanol–water partition coefficient (Wildman–Crippen LogP) is 3.92. The molecule has 0 amide bonds. The van der Waals surface area contributed by atoms with Crippen molar-refractivity contribution in [3.8, 4) is 0 Å². The van der Waals surface area contributed by atoms with Crippen molar-refractivity contribution < 1.29 is 9.90 Å². The van der Waals surface area contributed by atoms with Gasteiger partial charge >= 0.3 is 5.97 Å². The highest BCUT2D eigenvalue weighted by atomic mass is 32.1. The molecule has 1 heterocycles. The first-order chi connectivity index (χ1) is 9.65. The Labute approximate surface area is 122 Å². The zero-order valence-corrected chi connectivity index (χ0v) is 12.2. The van der Waals surface area contributed by atoms with Crippen molar-refractivity contribution in [2.45, 2.75) is 32.4 Å². The van der Waals surface area contributed by atoms with Gasteiger partial charge in [0.25, 0.3) is 0 Å². The first kappa shape index (κ1) is 13.2. The van der Waals surface area contributed by atoms with Crippen LogP contribution >= 0.6 is 11.3 Å². The number of benzene rings is 1. The van der Waals surface area contributed by atoms with Gasteiger partial charge in [0.05, 0.1) is 11.3 Å². The fourth-order valence-corrected chi connectivity index (χ4v) is 3.10. The van der Waals surface area contributed by atoms with Gasteiger partial charge in [-0.3, -0.25) is 0 Å². The number of carboxylic acid groups (broad SMARTS) is 1. The highest BCUT2D eigenvalue weighted by molar-refractivity contribution is 7.07. The summed E-state index contributed by atoms with van der Waals surface area (Å²) in [6, 6.07) is 8.16. The number of aromatic carboxylic acids is 1. The van der Waals surface area contributed by atoms with E-state index in [1.165, 1.54) is 5.56 Å². The number of nitrogens with zero attached hydrogens (tertiary/aromatic N) is 1. The maximum atomic E-state index is 11.5. The highest BCUT2D eigenvalue weighted by Crippen LogP contribution is 2.35. The Kier molecular flexibility index (Phi) is 3.49. The molecule has 1 aromatic carbocycles. The van der Waals surface area contributed by atoms with E-state index in [9.17, 15) is 9.90 Å². The van der Waals surface area contributed by atoms with Crippen LogP contribution in [0.15, 0.2) is 35.0 Å². The van der Waals surface area contributed by atoms with Crippen LogP contribution in [0.25, 0.3) is 0 Å². The van der Waals surface area contributed by atoms with Crippen molar-refractivity contribution in [3.05, 3.63) is 51.7 Å². The van der Waals surface area contributed by atoms with Gasteiger partial charge < -0.3 is 10.0 Å². The lowest BCUT2D eigenvalue weighted by molar-refractivity contribution is 0.0697. The summed E-state index contributed by atoms with van der Waals surface area (Å²) < 4.78 is 0. The Bertz CT molecular complexity index is 617. The number of carbonyl (C=O) groups is 1. The Morgan fingerprint density at radius 2 is 2.20 bits per heavy atom. The summed E-state index contributed by atoms with van der Waals surface area (Å²) in [7, 11) is 0. The molecule has 0 unspecified atom stereocenters. The third-order valence-corrected chi connectivity index (χ3v) is 4.35. The monoisotopic (exact) mass is 287 g/mol. The first-order valence-electron chi connectivity index (χ1n) is 6.77. The number of anilines is 1. The number of rotatable bonds is 5. The molecule has 1 fully saturated rings. The van der Waals surface area contributed by atoms with E-state index in [1.54, 1.807) is 17.4 Å². The van der Waals surface area contributed by atoms with Crippen LogP contribution in [0.1, 0.15) is 34.3 Å². The molecule has 3 nitrogen and oxygen atoms in total. The summed E-state index contributed by atoms with van der Waals surface area (Å²) in [4.78, 5) is 13.7. The van der Waals surface area contributed by atoms with Gasteiger partial charge in [-0.25, -0.2) is 4.79 Å². The number of thiophene rings is 1. The van der Waals surface area contributed by atoms with Crippen LogP contribution in [0.4, 0.5) is 5.69 Å². The number of hydrogen-bond donors (Lipinski definition) is 1. The molecule has 1 N–H and O–H groups in total. The molecule has 1 aliphatic rings. The second kappa shape index (κ2) is 5.29. The molecule has 3 rings (SSSR count). The van der Waals surface area contributed by atoms with Crippen molar-refractivity contribution in [2.75, 3.05) is 4.90 Å². The Morgan fingerprint density at radius 1 is 1.40 bits per heavy atom. The fraction of sp³-hybridized carbons (Fsp3) is 0.312. The molecule has 0 spiro atoms. The quantitative estimate of drug-likeness (QED) is 0.906. The van der Waals surface area contributed by atoms with Crippen molar-refractivity contribution in [2.24, 2.45) is 0 Å². The molecule has 2 aromatic rings. The molecule has 0 radical (unpaired) electrons. The topological polar surface area (TPSA) is 40.5 Å². The van der Waals surface area contributed by atoms with Gasteiger partial charge in [0.1, 0.15) is 0 Å². The van der Waals surface area contributed by atoms with Crippen LogP contribution in [0.2, 0.25) is 0 Å². The van der Waals surface area contributed by atoms with Crippen LogP contribution < -0.4 is 4.90 Å². The predicted molar refractivity (Wildman–Crippen MR) is 81.7 cm³/mol. The van der Waals surface area contributed by atoms with E-state index in [1.807, 2.05) is 19.1 Å². The second-order valence-corrected chi connectivity index (χ2v) is 6.10. The van der Waals surface area contributed by atoms with E-state index in [2.05, 4.69) is 21.7 Å². The average molecular weight is 287 g/mol. The zero-order valence-electron chi connectivity index (χ0n) is 11.4. The second-order valence-electron chi connectivity index (χ2n) is 5.32. The van der Waals surface area contributed by atoms with Gasteiger partial charge in [-0.15, -0.1) is 0 Å². The average Bonchev–Trinajstić information content (AvgIpc) is 3.12. The molecular weight excluding hydrogens is 270 g/mol. The summed E-state index contributed by atoms with van der Waals surface area (Å²) in [5.74, 6) is -0.851. The lowest BCUT2D eigenvalue weighted by Crippen LogP contribution is -2.26. The summed E-state index contributed by atoms with van der Waals surface area (Å²) >= 11 is 1.68. The SMILES string of the molecule is Cc1ccc(C(=O)O)c(N(Cc2ccsc2)C2CC2)c1. The van der Waals surface area contributed by atoms with E-state index in [-0.39, 0.29) is 0 Å². The lowest BCUT2D eigenvalue weighted by atomic mass is 10.1. The standard InChI is InChI=1S/C16H17NO2S/c1-11-2-5-14(16(18)19)15(8-11)17(13-3-4-13)9-12-6-7-20-10-12/h2,5-8,10,13H,3-4,9H2,1H3,(H,18,19). The summed E-state index contributed by atoms with van der Waals surface area (Å²) in [6.45, 7) is 2.79. The minimum Gasteiger partial charge on any atom is -0.478 e. The third-order valence-electron chi connectivity index (χ3n) is 3.61. The van der Waals surface area contributed by atoms with E-state index >= 15 is 0 Å². The lowest BCUT2D eigenvalue weighted by Gasteiger charge is -2.26. The maximum absolute atomic E-state index is 11.5. The van der Waals surface area contributed by atoms with Crippen molar-refractivity contribution in [1.29, 1.82) is 0 Å². The van der Waals surface area contributed by atoms with Gasteiger partial charge in [-0.1, -0.05) is 6.07 Å². The molecular formula is C16H17NO2S. The van der Waals surface area contributed by atoms with Crippen molar-refractivity contribution in [3.63, 3.8) is 0 Å². The van der Waals surface area contributed by atoms with Crippen molar-refractivity contribution in [1.82, 2.24) is 0 Å². The van der Waals surface area contributed by atoms with Crippen LogP contribution in [-0.2, 0) is 6.54 Å². The summed E-state index contributed by atoms with van der Waals surface area (Å²) in [5.41, 5.74) is 3.60. The molecule has 4 heteroatoms. The van der Waals surface area contributed by atoms with E-state index < -0.39 is 5.97 Å². The Hall–Kier alpha value is -1.81. The van der Waals surface area contributed by atoms with Gasteiger partial charge in [-0.2, -0.15) is 11.3 Å². The maximum Gasteiger partial charge on any atom is 0.337 e. The fourth-order valence-electron chi connectivity index (χ4n) is 2.44. The zero-order chi connectivity index (χ0) is 14.1. The van der Waals surface area contributed by atoms with E-state index in [0.29, 0.717) is 11.6 Å². The molecule has 0 bridgehead atoms. The van der Waals surface area contributed by atoms with Crippen LogP contribution in [0.3, 0.4) is 0 Å². The minimum atomic E-state index is -0.851. The molecule has 1 aromatic heterocycles. The smallest absolute Gasteiger partial charge is 0.337 e. The number of carboxylic acids is 1. The largest absolute Gasteiger partial charge is 0.478 e. The highest BCUT2D eigenvalue weighted by Gasteiger charge is 2.31. The molecule has 1 saturated carbocycles. The number of hydrogen-bond acceptors (Lipinski definition) is 3. The first-order valence-corrected chi connectivity index (χ1v) is 7.71. The van der Waals surface area contributed by atoms with Crippen molar-refractivity contribution >= 4 is 23.0 Å². The van der Waals surface area contributed by atoms with Gasteiger partial charge in [-0.05, 0) is 59.9 Å². The van der Waals surface area contributed by atoms with E-state index in [4.69, 9.17) is 0 Å². The normalized spacial score (nSPS) is 14.2. The minimum absolute atomic E-state index is 0.401. The molecule has 0 saturated heterocycles. The molecule has 20 heavy (non-hydrogen) atoms. The Morgan fingerprint density at radius 3 is 2.80 bits per heavy atom. The van der Waals surface area contributed by atoms with E-state index in [0.717, 1.165) is 30.6 Å². The van der Waals surface area contributed by atoms with Gasteiger partial charge in [0.15, 0.2) is 0 Å². The van der Waals surface area contributed by atoms with Crippen LogP contribution in [-0.4, -0.2) is 17.1 Å². The molecule has 0 aliphatic heterocycles. The number of aryl methyl sites for hydroxylation is 1. The Balaban J connectivity index is 1.98. The van der Waals surface area contributed by atoms with Gasteiger partial charge in [0.2, 0.25) is 0 Å². The van der Waals surface area contributed by atoms with Gasteiger partial charge in [0, 0.05) is 12.6 Å². The molecule has 104 valence electrons. The molecule has 1 aliphatic carbocycles. The van der Waals surface area contributed by atoms with Crippen LogP contribution in [0.5, 0.6) is 0 Å². The summed E-state index contributed by atoms with van der Waals surface area (Å²) in [6.07, 6.45) is 2.30. The summed E-state index contributed by atoms with van der Waals surface area (Å²) in [5, 5.41) is 13.6.